The first-order valence-electron chi connectivity index (χ1n) is 6.10. The lowest BCUT2D eigenvalue weighted by atomic mass is 9.91. The molecule has 94 valence electrons. The minimum Gasteiger partial charge on any atom is -0.496 e. The molecule has 1 aliphatic rings. The summed E-state index contributed by atoms with van der Waals surface area (Å²) >= 11 is 0. The number of nitrogens with two attached hydrogens (primary N) is 1. The van der Waals surface area contributed by atoms with Crippen LogP contribution in [0.1, 0.15) is 30.4 Å². The highest BCUT2D eigenvalue weighted by atomic mass is 16.5. The van der Waals surface area contributed by atoms with E-state index in [1.54, 1.807) is 14.2 Å². The molecule has 0 heterocycles. The van der Waals surface area contributed by atoms with Crippen molar-refractivity contribution in [2.45, 2.75) is 31.6 Å². The number of ether oxygens (including phenoxy) is 2. The molecule has 0 unspecified atom stereocenters. The van der Waals surface area contributed by atoms with Gasteiger partial charge in [0.15, 0.2) is 0 Å². The van der Waals surface area contributed by atoms with Gasteiger partial charge in [0.1, 0.15) is 11.5 Å². The van der Waals surface area contributed by atoms with E-state index in [4.69, 9.17) is 15.2 Å². The predicted molar refractivity (Wildman–Crippen MR) is 68.9 cm³/mol. The molecule has 0 amide bonds. The summed E-state index contributed by atoms with van der Waals surface area (Å²) in [6, 6.07) is 4.28. The average Bonchev–Trinajstić information content (AvgIpc) is 3.11. The van der Waals surface area contributed by atoms with Gasteiger partial charge >= 0.3 is 0 Å². The van der Waals surface area contributed by atoms with Gasteiger partial charge in [0.05, 0.1) is 14.2 Å². The fourth-order valence-corrected chi connectivity index (χ4v) is 2.50. The molecule has 0 aliphatic heterocycles. The van der Waals surface area contributed by atoms with E-state index in [0.717, 1.165) is 30.0 Å². The van der Waals surface area contributed by atoms with Crippen molar-refractivity contribution in [2.24, 2.45) is 5.73 Å². The highest BCUT2D eigenvalue weighted by Gasteiger charge is 2.43. The summed E-state index contributed by atoms with van der Waals surface area (Å²) < 4.78 is 10.8. The molecule has 0 saturated heterocycles. The summed E-state index contributed by atoms with van der Waals surface area (Å²) in [6.07, 6.45) is 3.49. The van der Waals surface area contributed by atoms with Crippen LogP contribution in [0.25, 0.3) is 0 Å². The molecule has 0 atom stereocenters. The van der Waals surface area contributed by atoms with Gasteiger partial charge in [-0.15, -0.1) is 0 Å². The summed E-state index contributed by atoms with van der Waals surface area (Å²) in [5.74, 6) is 1.81. The standard InChI is InChI=1S/C14H21NO2/c1-10-12(16-2)8-11(9-13(10)17-3)14(4-5-14)6-7-15/h8-9H,4-7,15H2,1-3H3. The molecule has 2 N–H and O–H groups in total. The first-order chi connectivity index (χ1) is 8.16. The maximum atomic E-state index is 5.70. The molecule has 0 bridgehead atoms. The Balaban J connectivity index is 2.41. The summed E-state index contributed by atoms with van der Waals surface area (Å²) in [5, 5.41) is 0. The van der Waals surface area contributed by atoms with E-state index in [9.17, 15) is 0 Å². The zero-order chi connectivity index (χ0) is 12.5. The van der Waals surface area contributed by atoms with Crippen molar-refractivity contribution in [1.82, 2.24) is 0 Å². The molecule has 1 aliphatic carbocycles. The van der Waals surface area contributed by atoms with Crippen LogP contribution in [0, 0.1) is 6.92 Å². The van der Waals surface area contributed by atoms with Crippen molar-refractivity contribution in [3.63, 3.8) is 0 Å². The van der Waals surface area contributed by atoms with Crippen molar-refractivity contribution >= 4 is 0 Å². The van der Waals surface area contributed by atoms with Crippen LogP contribution in [-0.4, -0.2) is 20.8 Å². The second kappa shape index (κ2) is 4.57. The summed E-state index contributed by atoms with van der Waals surface area (Å²) in [4.78, 5) is 0. The minimum atomic E-state index is 0.281. The molecule has 1 aromatic carbocycles. The molecule has 0 radical (unpaired) electrons. The van der Waals surface area contributed by atoms with Gasteiger partial charge in [0.25, 0.3) is 0 Å². The first-order valence-corrected chi connectivity index (χ1v) is 6.10. The fourth-order valence-electron chi connectivity index (χ4n) is 2.50. The Morgan fingerprint density at radius 3 is 2.06 bits per heavy atom. The Labute approximate surface area is 103 Å². The lowest BCUT2D eigenvalue weighted by molar-refractivity contribution is 0.386. The lowest BCUT2D eigenvalue weighted by Gasteiger charge is -2.18. The minimum absolute atomic E-state index is 0.281. The van der Waals surface area contributed by atoms with Gasteiger partial charge in [-0.3, -0.25) is 0 Å². The van der Waals surface area contributed by atoms with Crippen LogP contribution in [0.3, 0.4) is 0 Å². The summed E-state index contributed by atoms with van der Waals surface area (Å²) in [6.45, 7) is 2.75. The van der Waals surface area contributed by atoms with Crippen molar-refractivity contribution in [3.05, 3.63) is 23.3 Å². The van der Waals surface area contributed by atoms with Gasteiger partial charge < -0.3 is 15.2 Å². The molecular formula is C14H21NO2. The van der Waals surface area contributed by atoms with Crippen LogP contribution in [-0.2, 0) is 5.41 Å². The Morgan fingerprint density at radius 2 is 1.71 bits per heavy atom. The van der Waals surface area contributed by atoms with Gasteiger partial charge in [0, 0.05) is 5.56 Å². The lowest BCUT2D eigenvalue weighted by Crippen LogP contribution is -2.14. The number of rotatable bonds is 5. The highest BCUT2D eigenvalue weighted by molar-refractivity contribution is 5.50. The molecule has 1 aromatic rings. The van der Waals surface area contributed by atoms with E-state index >= 15 is 0 Å². The fraction of sp³-hybridized carbons (Fsp3) is 0.571. The molecular weight excluding hydrogens is 214 g/mol. The number of hydrogen-bond donors (Lipinski definition) is 1. The van der Waals surface area contributed by atoms with Gasteiger partial charge in [-0.1, -0.05) is 0 Å². The van der Waals surface area contributed by atoms with Crippen LogP contribution >= 0.6 is 0 Å². The molecule has 2 rings (SSSR count). The SMILES string of the molecule is COc1cc(C2(CCN)CC2)cc(OC)c1C. The van der Waals surface area contributed by atoms with E-state index in [1.807, 2.05) is 6.92 Å². The summed E-state index contributed by atoms with van der Waals surface area (Å²) in [5.41, 5.74) is 8.35. The second-order valence-corrected chi connectivity index (χ2v) is 4.82. The third-order valence-corrected chi connectivity index (χ3v) is 3.84. The van der Waals surface area contributed by atoms with Crippen molar-refractivity contribution in [3.8, 4) is 11.5 Å². The quantitative estimate of drug-likeness (QED) is 0.852. The highest BCUT2D eigenvalue weighted by Crippen LogP contribution is 2.52. The molecule has 17 heavy (non-hydrogen) atoms. The molecule has 3 heteroatoms. The smallest absolute Gasteiger partial charge is 0.125 e. The maximum absolute atomic E-state index is 5.70. The second-order valence-electron chi connectivity index (χ2n) is 4.82. The van der Waals surface area contributed by atoms with Crippen LogP contribution < -0.4 is 15.2 Å². The van der Waals surface area contributed by atoms with Crippen LogP contribution in [0.5, 0.6) is 11.5 Å². The Hall–Kier alpha value is -1.22. The Bertz CT molecular complexity index is 386. The Kier molecular flexibility index (Phi) is 3.29. The normalized spacial score (nSPS) is 16.7. The van der Waals surface area contributed by atoms with Crippen molar-refractivity contribution < 1.29 is 9.47 Å². The number of methoxy groups -OCH3 is 2. The number of benzene rings is 1. The maximum Gasteiger partial charge on any atom is 0.125 e. The van der Waals surface area contributed by atoms with Gasteiger partial charge in [-0.05, 0) is 55.8 Å². The molecule has 3 nitrogen and oxygen atoms in total. The molecule has 0 aromatic heterocycles. The van der Waals surface area contributed by atoms with Gasteiger partial charge in [-0.25, -0.2) is 0 Å². The molecule has 1 saturated carbocycles. The van der Waals surface area contributed by atoms with E-state index in [1.165, 1.54) is 18.4 Å². The molecule has 1 fully saturated rings. The number of hydrogen-bond acceptors (Lipinski definition) is 3. The first kappa shape index (κ1) is 12.2. The van der Waals surface area contributed by atoms with Crippen LogP contribution in [0.2, 0.25) is 0 Å². The van der Waals surface area contributed by atoms with Crippen LogP contribution in [0.4, 0.5) is 0 Å². The summed E-state index contributed by atoms with van der Waals surface area (Å²) in [7, 11) is 3.40. The zero-order valence-electron chi connectivity index (χ0n) is 10.9. The largest absolute Gasteiger partial charge is 0.496 e. The Morgan fingerprint density at radius 1 is 1.18 bits per heavy atom. The van der Waals surface area contributed by atoms with E-state index in [2.05, 4.69) is 12.1 Å². The van der Waals surface area contributed by atoms with Gasteiger partial charge in [0.2, 0.25) is 0 Å². The van der Waals surface area contributed by atoms with Crippen molar-refractivity contribution in [2.75, 3.05) is 20.8 Å². The monoisotopic (exact) mass is 235 g/mol. The third-order valence-electron chi connectivity index (χ3n) is 3.84. The van der Waals surface area contributed by atoms with Crippen molar-refractivity contribution in [1.29, 1.82) is 0 Å². The zero-order valence-corrected chi connectivity index (χ0v) is 10.9. The third kappa shape index (κ3) is 2.12. The van der Waals surface area contributed by atoms with E-state index in [-0.39, 0.29) is 5.41 Å². The van der Waals surface area contributed by atoms with E-state index < -0.39 is 0 Å². The van der Waals surface area contributed by atoms with E-state index in [0.29, 0.717) is 0 Å². The topological polar surface area (TPSA) is 44.5 Å². The average molecular weight is 235 g/mol. The van der Waals surface area contributed by atoms with Gasteiger partial charge in [-0.2, -0.15) is 0 Å². The molecule has 0 spiro atoms. The van der Waals surface area contributed by atoms with Crippen LogP contribution in [0.15, 0.2) is 12.1 Å². The predicted octanol–water partition coefficient (Wildman–Crippen LogP) is 2.39.